The van der Waals surface area contributed by atoms with Crippen LogP contribution in [0.2, 0.25) is 0 Å². The molecule has 2 aliphatic carbocycles. The molecule has 2 aromatic carbocycles. The molecule has 0 amide bonds. The zero-order valence-corrected chi connectivity index (χ0v) is 38.7. The number of rotatable bonds is 2. The molecule has 0 saturated heterocycles. The average molecular weight is 776 g/mol. The maximum absolute atomic E-state index is 9.57. The topological polar surface area (TPSA) is 40.5 Å². The Morgan fingerprint density at radius 2 is 0.840 bits per heavy atom. The van der Waals surface area contributed by atoms with Crippen LogP contribution in [0.25, 0.3) is 0 Å². The molecule has 0 saturated carbocycles. The summed E-state index contributed by atoms with van der Waals surface area (Å²) in [6, 6.07) is 11.4. The summed E-state index contributed by atoms with van der Waals surface area (Å²) in [7, 11) is 0. The summed E-state index contributed by atoms with van der Waals surface area (Å²) in [6.45, 7) is 37.6. The standard InChI is InChI=1S/2C11H16O.2C11H17.2CH3.Si.Zr/c2*1-8-5-6-10(12)9(7-8)11(2,3)4;2*1-5-9-6-7-10(8-9)11(2,3)4;;;;/h2*5-7,12H,1-4H3;2*7-9H,5H2,1-4H3;2*1H3;;/q;;4*-1;;. The van der Waals surface area contributed by atoms with Gasteiger partial charge in [0.15, 0.2) is 0 Å². The SMILES string of the molecule is CCC1[C-]=CC(C(C)(C)C)=C1.CCC1[C-]=CC(C(C)(C)C)=C1.Cc1ccc(O)c(C(C)(C)C)c1.Cc1ccc(O)c(C(C)(C)C)c1.[CH3-].[CH3-].[Si]=[Zr]. The Hall–Kier alpha value is -1.90. The van der Waals surface area contributed by atoms with Crippen LogP contribution >= 0.6 is 0 Å². The Morgan fingerprint density at radius 3 is 1.00 bits per heavy atom. The Kier molecular flexibility index (Phi) is 24.0. The quantitative estimate of drug-likeness (QED) is 0.236. The van der Waals surface area contributed by atoms with Crippen molar-refractivity contribution >= 4 is 6.88 Å². The van der Waals surface area contributed by atoms with Crippen LogP contribution in [0.3, 0.4) is 0 Å². The summed E-state index contributed by atoms with van der Waals surface area (Å²) in [5, 5.41) is 19.1. The fraction of sp³-hybridized carbons (Fsp3) is 0.522. The first-order valence-corrected chi connectivity index (χ1v) is 21.6. The number of hydrogen-bond donors (Lipinski definition) is 2. The van der Waals surface area contributed by atoms with E-state index in [0.29, 0.717) is 34.2 Å². The number of allylic oxidation sites excluding steroid dienone is 8. The zero-order chi connectivity index (χ0) is 37.7. The van der Waals surface area contributed by atoms with E-state index in [4.69, 9.17) is 0 Å². The van der Waals surface area contributed by atoms with E-state index in [-0.39, 0.29) is 25.7 Å². The molecular weight excluding hydrogens is 704 g/mol. The van der Waals surface area contributed by atoms with Crippen LogP contribution in [0.15, 0.2) is 71.8 Å². The first-order valence-electron chi connectivity index (χ1n) is 17.4. The van der Waals surface area contributed by atoms with Gasteiger partial charge in [-0.2, -0.15) is 23.3 Å². The molecule has 4 rings (SSSR count). The normalized spacial score (nSPS) is 16.2. The first kappa shape index (κ1) is 52.5. The second kappa shape index (κ2) is 22.9. The van der Waals surface area contributed by atoms with E-state index in [1.165, 1.54) is 58.5 Å². The third kappa shape index (κ3) is 19.1. The molecule has 0 fully saturated rings. The van der Waals surface area contributed by atoms with Crippen molar-refractivity contribution < 1.29 is 33.5 Å². The van der Waals surface area contributed by atoms with Gasteiger partial charge >= 0.3 is 30.2 Å². The van der Waals surface area contributed by atoms with Gasteiger partial charge in [0.25, 0.3) is 0 Å². The van der Waals surface area contributed by atoms with E-state index >= 15 is 0 Å². The van der Waals surface area contributed by atoms with Crippen LogP contribution in [-0.2, 0) is 34.2 Å². The van der Waals surface area contributed by atoms with Crippen LogP contribution in [0, 0.1) is 63.5 Å². The van der Waals surface area contributed by atoms with Gasteiger partial charge in [0.1, 0.15) is 11.5 Å². The summed E-state index contributed by atoms with van der Waals surface area (Å²) in [4.78, 5) is 0. The van der Waals surface area contributed by atoms with E-state index in [0.717, 1.165) is 11.1 Å². The van der Waals surface area contributed by atoms with Crippen molar-refractivity contribution in [3.63, 3.8) is 0 Å². The van der Waals surface area contributed by atoms with Crippen molar-refractivity contribution in [1.82, 2.24) is 0 Å². The molecule has 50 heavy (non-hydrogen) atoms. The molecule has 2 aromatic rings. The minimum atomic E-state index is 0. The number of aromatic hydroxyl groups is 2. The van der Waals surface area contributed by atoms with Crippen molar-refractivity contribution in [1.29, 1.82) is 0 Å². The van der Waals surface area contributed by atoms with Crippen molar-refractivity contribution in [3.05, 3.63) is 121 Å². The van der Waals surface area contributed by atoms with Crippen molar-refractivity contribution in [2.75, 3.05) is 0 Å². The molecule has 2 nitrogen and oxygen atoms in total. The monoisotopic (exact) mass is 774 g/mol. The summed E-state index contributed by atoms with van der Waals surface area (Å²) >= 11 is 1.36. The Labute approximate surface area is 328 Å². The van der Waals surface area contributed by atoms with Gasteiger partial charge in [0.2, 0.25) is 0 Å². The molecule has 280 valence electrons. The fourth-order valence-electron chi connectivity index (χ4n) is 4.93. The van der Waals surface area contributed by atoms with Gasteiger partial charge in [-0.3, -0.25) is 12.2 Å². The Morgan fingerprint density at radius 1 is 0.560 bits per heavy atom. The van der Waals surface area contributed by atoms with E-state index in [1.807, 2.05) is 38.1 Å². The molecule has 0 aromatic heterocycles. The summed E-state index contributed by atoms with van der Waals surface area (Å²) < 4.78 is 0. The average Bonchev–Trinajstić information content (AvgIpc) is 3.67. The van der Waals surface area contributed by atoms with Crippen LogP contribution < -0.4 is 0 Å². The predicted octanol–water partition coefficient (Wildman–Crippen LogP) is 13.2. The van der Waals surface area contributed by atoms with Crippen LogP contribution in [0.1, 0.15) is 132 Å². The molecule has 2 aliphatic rings. The third-order valence-electron chi connectivity index (χ3n) is 8.20. The summed E-state index contributed by atoms with van der Waals surface area (Å²) in [6.07, 6.45) is 18.0. The number of hydrogen-bond acceptors (Lipinski definition) is 2. The molecule has 2 radical (unpaired) electrons. The molecule has 4 heteroatoms. The molecule has 0 bridgehead atoms. The maximum atomic E-state index is 9.57. The van der Waals surface area contributed by atoms with Crippen LogP contribution in [0.5, 0.6) is 11.5 Å². The van der Waals surface area contributed by atoms with Gasteiger partial charge in [-0.25, -0.2) is 12.2 Å². The Balaban J connectivity index is -0.000000572. The predicted molar refractivity (Wildman–Crippen MR) is 220 cm³/mol. The van der Waals surface area contributed by atoms with Crippen molar-refractivity contribution in [2.45, 2.75) is 134 Å². The van der Waals surface area contributed by atoms with Crippen LogP contribution in [0.4, 0.5) is 0 Å². The molecule has 0 heterocycles. The number of benzene rings is 2. The molecule has 2 atom stereocenters. The van der Waals surface area contributed by atoms with Gasteiger partial charge in [0, 0.05) is 0 Å². The van der Waals surface area contributed by atoms with Gasteiger partial charge < -0.3 is 25.1 Å². The van der Waals surface area contributed by atoms with Crippen LogP contribution in [-0.4, -0.2) is 17.1 Å². The number of phenolic OH excluding ortho intramolecular Hbond substituents is 2. The summed E-state index contributed by atoms with van der Waals surface area (Å²) in [5.74, 6) is 1.94. The van der Waals surface area contributed by atoms with Gasteiger partial charge in [-0.15, -0.1) is 0 Å². The fourth-order valence-corrected chi connectivity index (χ4v) is 4.93. The van der Waals surface area contributed by atoms with Crippen molar-refractivity contribution in [3.8, 4) is 11.5 Å². The van der Waals surface area contributed by atoms with Gasteiger partial charge in [0.05, 0.1) is 0 Å². The third-order valence-corrected chi connectivity index (χ3v) is 8.20. The molecule has 2 unspecified atom stereocenters. The Bertz CT molecular complexity index is 1290. The second-order valence-corrected chi connectivity index (χ2v) is 16.9. The molecule has 2 N–H and O–H groups in total. The number of aryl methyl sites for hydroxylation is 2. The van der Waals surface area contributed by atoms with Gasteiger partial charge in [-0.1, -0.05) is 168 Å². The van der Waals surface area contributed by atoms with Gasteiger partial charge in [-0.05, 0) is 47.9 Å². The van der Waals surface area contributed by atoms with E-state index in [2.05, 4.69) is 140 Å². The molecular formula is C46H72O2SiZr-4. The number of phenols is 2. The van der Waals surface area contributed by atoms with E-state index < -0.39 is 0 Å². The van der Waals surface area contributed by atoms with E-state index in [1.54, 1.807) is 12.1 Å². The molecule has 0 spiro atoms. The molecule has 0 aliphatic heterocycles. The minimum absolute atomic E-state index is 0. The second-order valence-electron chi connectivity index (χ2n) is 16.9. The summed E-state index contributed by atoms with van der Waals surface area (Å²) in [5.41, 5.74) is 7.94. The van der Waals surface area contributed by atoms with E-state index in [9.17, 15) is 10.2 Å². The van der Waals surface area contributed by atoms with Crippen molar-refractivity contribution in [2.24, 2.45) is 22.7 Å². The zero-order valence-electron chi connectivity index (χ0n) is 35.2. The first-order chi connectivity index (χ1) is 21.9.